The van der Waals surface area contributed by atoms with Crippen LogP contribution >= 0.6 is 11.6 Å². The van der Waals surface area contributed by atoms with Gasteiger partial charge in [-0.05, 0) is 36.2 Å². The Morgan fingerprint density at radius 3 is 2.83 bits per heavy atom. The fourth-order valence-electron chi connectivity index (χ4n) is 2.59. The van der Waals surface area contributed by atoms with E-state index in [0.29, 0.717) is 17.1 Å². The van der Waals surface area contributed by atoms with Crippen molar-refractivity contribution in [1.82, 2.24) is 19.5 Å². The highest BCUT2D eigenvalue weighted by molar-refractivity contribution is 6.30. The number of benzene rings is 1. The van der Waals surface area contributed by atoms with Gasteiger partial charge in [-0.1, -0.05) is 36.7 Å². The summed E-state index contributed by atoms with van der Waals surface area (Å²) in [6.07, 6.45) is 2.34. The Hall–Kier alpha value is -2.60. The zero-order valence-corrected chi connectivity index (χ0v) is 13.9. The maximum Gasteiger partial charge on any atom is 0.350 e. The van der Waals surface area contributed by atoms with Gasteiger partial charge in [-0.15, -0.1) is 5.10 Å². The minimum atomic E-state index is -0.337. The predicted molar refractivity (Wildman–Crippen MR) is 92.1 cm³/mol. The van der Waals surface area contributed by atoms with Crippen LogP contribution in [0.4, 0.5) is 0 Å². The molecule has 1 N–H and O–H groups in total. The Balaban J connectivity index is 1.76. The van der Waals surface area contributed by atoms with Crippen molar-refractivity contribution in [2.24, 2.45) is 0 Å². The van der Waals surface area contributed by atoms with Crippen LogP contribution in [0.5, 0.6) is 0 Å². The van der Waals surface area contributed by atoms with Gasteiger partial charge in [-0.2, -0.15) is 0 Å². The second kappa shape index (κ2) is 6.88. The van der Waals surface area contributed by atoms with Crippen molar-refractivity contribution >= 4 is 23.2 Å². The first kappa shape index (κ1) is 16.3. The summed E-state index contributed by atoms with van der Waals surface area (Å²) in [4.78, 5) is 24.5. The summed E-state index contributed by atoms with van der Waals surface area (Å²) in [7, 11) is 0. The minimum absolute atomic E-state index is 0.127. The van der Waals surface area contributed by atoms with E-state index in [9.17, 15) is 9.59 Å². The number of hydrogen-bond acceptors (Lipinski definition) is 3. The van der Waals surface area contributed by atoms with Crippen LogP contribution in [-0.2, 0) is 11.3 Å². The van der Waals surface area contributed by atoms with Gasteiger partial charge in [-0.3, -0.25) is 9.20 Å². The fourth-order valence-corrected chi connectivity index (χ4v) is 2.79. The Labute approximate surface area is 143 Å². The highest BCUT2D eigenvalue weighted by Crippen LogP contribution is 2.20. The Bertz CT molecular complexity index is 931. The quantitative estimate of drug-likeness (QED) is 0.772. The molecular formula is C17H17ClN4O2. The molecule has 0 aliphatic carbocycles. The first-order valence-electron chi connectivity index (χ1n) is 7.67. The van der Waals surface area contributed by atoms with Gasteiger partial charge >= 0.3 is 5.69 Å². The number of nitrogens with one attached hydrogen (secondary N) is 1. The largest absolute Gasteiger partial charge is 0.350 e. The van der Waals surface area contributed by atoms with E-state index < -0.39 is 0 Å². The van der Waals surface area contributed by atoms with E-state index in [2.05, 4.69) is 10.4 Å². The second-order valence-electron chi connectivity index (χ2n) is 5.45. The smallest absolute Gasteiger partial charge is 0.348 e. The summed E-state index contributed by atoms with van der Waals surface area (Å²) in [5, 5.41) is 7.70. The highest BCUT2D eigenvalue weighted by atomic mass is 35.5. The van der Waals surface area contributed by atoms with Crippen molar-refractivity contribution in [3.63, 3.8) is 0 Å². The van der Waals surface area contributed by atoms with E-state index in [1.165, 1.54) is 4.40 Å². The van der Waals surface area contributed by atoms with Crippen LogP contribution in [0.25, 0.3) is 5.65 Å². The van der Waals surface area contributed by atoms with Gasteiger partial charge in [0.15, 0.2) is 5.65 Å². The number of carbonyl (C=O) groups is 1. The lowest BCUT2D eigenvalue weighted by atomic mass is 10.0. The normalized spacial score (nSPS) is 12.2. The van der Waals surface area contributed by atoms with Gasteiger partial charge in [-0.25, -0.2) is 9.48 Å². The molecular weight excluding hydrogens is 328 g/mol. The van der Waals surface area contributed by atoms with E-state index in [1.54, 1.807) is 30.5 Å². The Kier molecular flexibility index (Phi) is 4.66. The summed E-state index contributed by atoms with van der Waals surface area (Å²) in [6.45, 7) is 1.85. The number of nitrogens with zero attached hydrogens (tertiary/aromatic N) is 3. The third kappa shape index (κ3) is 3.33. The Morgan fingerprint density at radius 2 is 2.12 bits per heavy atom. The molecule has 1 amide bonds. The molecule has 0 spiro atoms. The van der Waals surface area contributed by atoms with Gasteiger partial charge in [0.1, 0.15) is 6.54 Å². The third-order valence-corrected chi connectivity index (χ3v) is 4.01. The average Bonchev–Trinajstić information content (AvgIpc) is 2.89. The van der Waals surface area contributed by atoms with Gasteiger partial charge in [0.05, 0.1) is 6.04 Å². The first-order valence-corrected chi connectivity index (χ1v) is 8.05. The number of hydrogen-bond donors (Lipinski definition) is 1. The van der Waals surface area contributed by atoms with Crippen molar-refractivity contribution in [3.8, 4) is 0 Å². The number of amides is 1. The molecule has 0 radical (unpaired) electrons. The van der Waals surface area contributed by atoms with E-state index in [-0.39, 0.29) is 24.2 Å². The van der Waals surface area contributed by atoms with Crippen molar-refractivity contribution in [3.05, 3.63) is 69.7 Å². The Morgan fingerprint density at radius 1 is 1.29 bits per heavy atom. The monoisotopic (exact) mass is 344 g/mol. The molecule has 0 fully saturated rings. The van der Waals surface area contributed by atoms with E-state index >= 15 is 0 Å². The summed E-state index contributed by atoms with van der Waals surface area (Å²) in [5.74, 6) is -0.271. The molecule has 6 nitrogen and oxygen atoms in total. The van der Waals surface area contributed by atoms with Crippen molar-refractivity contribution in [1.29, 1.82) is 0 Å². The summed E-state index contributed by atoms with van der Waals surface area (Å²) >= 11 is 6.01. The van der Waals surface area contributed by atoms with Gasteiger partial charge in [0, 0.05) is 11.2 Å². The molecule has 1 unspecified atom stereocenters. The molecule has 7 heteroatoms. The molecule has 3 rings (SSSR count). The summed E-state index contributed by atoms with van der Waals surface area (Å²) < 4.78 is 2.57. The molecule has 1 atom stereocenters. The fraction of sp³-hybridized carbons (Fsp3) is 0.235. The lowest BCUT2D eigenvalue weighted by Crippen LogP contribution is -2.34. The predicted octanol–water partition coefficient (Wildman–Crippen LogP) is 2.42. The van der Waals surface area contributed by atoms with Crippen LogP contribution in [0.1, 0.15) is 24.9 Å². The lowest BCUT2D eigenvalue weighted by molar-refractivity contribution is -0.122. The molecule has 3 aromatic rings. The van der Waals surface area contributed by atoms with Crippen LogP contribution in [0.2, 0.25) is 5.02 Å². The van der Waals surface area contributed by atoms with Crippen molar-refractivity contribution < 1.29 is 4.79 Å². The van der Waals surface area contributed by atoms with Crippen LogP contribution in [0.3, 0.4) is 0 Å². The van der Waals surface area contributed by atoms with Crippen molar-refractivity contribution in [2.45, 2.75) is 25.9 Å². The van der Waals surface area contributed by atoms with Crippen LogP contribution < -0.4 is 11.0 Å². The average molecular weight is 345 g/mol. The highest BCUT2D eigenvalue weighted by Gasteiger charge is 2.15. The lowest BCUT2D eigenvalue weighted by Gasteiger charge is -2.17. The number of fused-ring (bicyclic) bond motifs is 1. The first-order chi connectivity index (χ1) is 11.6. The summed E-state index contributed by atoms with van der Waals surface area (Å²) in [5.41, 5.74) is 1.11. The van der Waals surface area contributed by atoms with Crippen LogP contribution in [-0.4, -0.2) is 20.1 Å². The molecule has 0 bridgehead atoms. The second-order valence-corrected chi connectivity index (χ2v) is 5.89. The third-order valence-electron chi connectivity index (χ3n) is 3.78. The SMILES string of the molecule is CCC(NC(=O)Cn1nc2ccccn2c1=O)c1cccc(Cl)c1. The van der Waals surface area contributed by atoms with Crippen LogP contribution in [0.15, 0.2) is 53.5 Å². The molecule has 0 aliphatic heterocycles. The summed E-state index contributed by atoms with van der Waals surface area (Å²) in [6, 6.07) is 12.5. The number of carbonyl (C=O) groups excluding carboxylic acids is 1. The van der Waals surface area contributed by atoms with Gasteiger partial charge in [0.2, 0.25) is 5.91 Å². The van der Waals surface area contributed by atoms with Gasteiger partial charge < -0.3 is 5.32 Å². The molecule has 24 heavy (non-hydrogen) atoms. The van der Waals surface area contributed by atoms with E-state index in [0.717, 1.165) is 10.2 Å². The van der Waals surface area contributed by atoms with Gasteiger partial charge in [0.25, 0.3) is 0 Å². The maximum absolute atomic E-state index is 12.3. The molecule has 0 saturated heterocycles. The molecule has 0 aliphatic rings. The molecule has 124 valence electrons. The molecule has 1 aromatic carbocycles. The maximum atomic E-state index is 12.3. The van der Waals surface area contributed by atoms with Crippen molar-refractivity contribution in [2.75, 3.05) is 0 Å². The zero-order valence-electron chi connectivity index (χ0n) is 13.1. The standard InChI is InChI=1S/C17H17ClN4O2/c1-2-14(12-6-5-7-13(18)10-12)19-16(23)11-22-17(24)21-9-4-3-8-15(21)20-22/h3-10,14H,2,11H2,1H3,(H,19,23). The van der Waals surface area contributed by atoms with Crippen LogP contribution in [0, 0.1) is 0 Å². The minimum Gasteiger partial charge on any atom is -0.348 e. The molecule has 2 heterocycles. The molecule has 2 aromatic heterocycles. The van der Waals surface area contributed by atoms with E-state index in [4.69, 9.17) is 11.6 Å². The zero-order chi connectivity index (χ0) is 17.1. The number of aromatic nitrogens is 3. The topological polar surface area (TPSA) is 68.4 Å². The molecule has 0 saturated carbocycles. The number of halogens is 1. The number of rotatable bonds is 5. The number of pyridine rings is 1. The van der Waals surface area contributed by atoms with E-state index in [1.807, 2.05) is 25.1 Å².